The molecule has 1 rings (SSSR count). The molecule has 0 saturated carbocycles. The number of nitrogens with one attached hydrogen (secondary N) is 2. The summed E-state index contributed by atoms with van der Waals surface area (Å²) in [5.74, 6) is -0.184. The fourth-order valence-electron chi connectivity index (χ4n) is 3.61. The second kappa shape index (κ2) is 14.6. The lowest BCUT2D eigenvalue weighted by Crippen LogP contribution is -2.56. The van der Waals surface area contributed by atoms with Gasteiger partial charge in [0.25, 0.3) is 0 Å². The second-order valence-corrected chi connectivity index (χ2v) is 9.69. The molecule has 0 fully saturated rings. The summed E-state index contributed by atoms with van der Waals surface area (Å²) >= 11 is 0. The molecule has 38 heavy (non-hydrogen) atoms. The van der Waals surface area contributed by atoms with Crippen LogP contribution in [0.25, 0.3) is 0 Å². The van der Waals surface area contributed by atoms with Crippen molar-refractivity contribution in [1.29, 1.82) is 0 Å². The van der Waals surface area contributed by atoms with Gasteiger partial charge in [-0.1, -0.05) is 24.1 Å². The van der Waals surface area contributed by atoms with E-state index in [1.54, 1.807) is 65.8 Å². The topological polar surface area (TPSA) is 157 Å². The van der Waals surface area contributed by atoms with E-state index in [-0.39, 0.29) is 19.6 Å². The lowest BCUT2D eigenvalue weighted by molar-refractivity contribution is -0.146. The van der Waals surface area contributed by atoms with Crippen LogP contribution in [0.3, 0.4) is 0 Å². The minimum absolute atomic E-state index is 0.0482. The van der Waals surface area contributed by atoms with Crippen LogP contribution in [0.5, 0.6) is 0 Å². The predicted molar refractivity (Wildman–Crippen MR) is 140 cm³/mol. The molecule has 4 N–H and O–H groups in total. The van der Waals surface area contributed by atoms with Crippen molar-refractivity contribution < 1.29 is 33.4 Å². The molecule has 1 aromatic rings. The minimum atomic E-state index is -1.42. The van der Waals surface area contributed by atoms with Crippen LogP contribution in [0.2, 0.25) is 0 Å². The molecule has 0 aliphatic carbocycles. The molecular formula is C27H38N4O7. The van der Waals surface area contributed by atoms with Gasteiger partial charge in [0.05, 0.1) is 19.4 Å². The third-order valence-electron chi connectivity index (χ3n) is 5.08. The zero-order valence-corrected chi connectivity index (χ0v) is 22.8. The Morgan fingerprint density at radius 3 is 2.29 bits per heavy atom. The van der Waals surface area contributed by atoms with Crippen molar-refractivity contribution in [3.05, 3.63) is 35.4 Å². The first kappa shape index (κ1) is 32.0. The molecule has 0 aliphatic rings. The normalized spacial score (nSPS) is 12.5. The number of hydrogen-bond donors (Lipinski definition) is 3. The molecule has 4 amide bonds. The highest BCUT2D eigenvalue weighted by Gasteiger charge is 2.39. The van der Waals surface area contributed by atoms with Gasteiger partial charge in [0.15, 0.2) is 0 Å². The Hall–Kier alpha value is -4.07. The summed E-state index contributed by atoms with van der Waals surface area (Å²) in [4.78, 5) is 64.6. The molecule has 0 bridgehead atoms. The Balaban J connectivity index is 3.48. The summed E-state index contributed by atoms with van der Waals surface area (Å²) < 4.78 is 10.1. The number of rotatable bonds is 12. The van der Waals surface area contributed by atoms with E-state index >= 15 is 0 Å². The van der Waals surface area contributed by atoms with Crippen molar-refractivity contribution in [3.63, 3.8) is 0 Å². The predicted octanol–water partition coefficient (Wildman–Crippen LogP) is 1.78. The number of terminal acetylenes is 1. The number of nitrogens with zero attached hydrogens (tertiary/aromatic N) is 1. The Morgan fingerprint density at radius 1 is 1.13 bits per heavy atom. The molecule has 0 saturated heterocycles. The van der Waals surface area contributed by atoms with E-state index in [0.717, 1.165) is 0 Å². The molecule has 2 atom stereocenters. The summed E-state index contributed by atoms with van der Waals surface area (Å²) in [5.41, 5.74) is 5.22. The van der Waals surface area contributed by atoms with Gasteiger partial charge in [-0.15, -0.1) is 6.42 Å². The summed E-state index contributed by atoms with van der Waals surface area (Å²) in [5, 5.41) is 5.06. The Bertz CT molecular complexity index is 1060. The van der Waals surface area contributed by atoms with Gasteiger partial charge in [0.1, 0.15) is 17.7 Å². The van der Waals surface area contributed by atoms with Crippen LogP contribution in [0.4, 0.5) is 4.79 Å². The fourth-order valence-corrected chi connectivity index (χ4v) is 3.61. The number of ether oxygens (including phenoxy) is 2. The van der Waals surface area contributed by atoms with Crippen molar-refractivity contribution in [2.24, 2.45) is 5.73 Å². The van der Waals surface area contributed by atoms with E-state index in [0.29, 0.717) is 11.1 Å². The Labute approximate surface area is 223 Å². The van der Waals surface area contributed by atoms with Crippen molar-refractivity contribution in [3.8, 4) is 12.3 Å². The number of carbonyl (C=O) groups is 5. The van der Waals surface area contributed by atoms with Gasteiger partial charge in [-0.25, -0.2) is 4.79 Å². The first-order chi connectivity index (χ1) is 17.7. The van der Waals surface area contributed by atoms with E-state index in [4.69, 9.17) is 21.6 Å². The van der Waals surface area contributed by atoms with Gasteiger partial charge >= 0.3 is 12.1 Å². The zero-order valence-electron chi connectivity index (χ0n) is 22.8. The number of primary amides is 1. The highest BCUT2D eigenvalue weighted by molar-refractivity contribution is 5.95. The number of nitrogens with two attached hydrogens (primary N) is 1. The summed E-state index contributed by atoms with van der Waals surface area (Å²) in [6, 6.07) is 3.32. The van der Waals surface area contributed by atoms with Crippen LogP contribution in [0.1, 0.15) is 71.6 Å². The van der Waals surface area contributed by atoms with Gasteiger partial charge in [-0.05, 0) is 53.2 Å². The van der Waals surface area contributed by atoms with E-state index in [9.17, 15) is 24.0 Å². The smallest absolute Gasteiger partial charge is 0.408 e. The maximum absolute atomic E-state index is 13.8. The van der Waals surface area contributed by atoms with Crippen molar-refractivity contribution >= 4 is 29.8 Å². The Kier molecular flexibility index (Phi) is 12.3. The highest BCUT2D eigenvalue weighted by atomic mass is 16.6. The number of hydrogen-bond acceptors (Lipinski definition) is 7. The second-order valence-electron chi connectivity index (χ2n) is 9.69. The summed E-state index contributed by atoms with van der Waals surface area (Å²) in [6.45, 7) is 10.1. The van der Waals surface area contributed by atoms with Crippen molar-refractivity contribution in [2.45, 2.75) is 78.1 Å². The maximum atomic E-state index is 13.8. The molecular weight excluding hydrogens is 492 g/mol. The van der Waals surface area contributed by atoms with Crippen LogP contribution in [-0.4, -0.2) is 65.5 Å². The molecule has 2 unspecified atom stereocenters. The molecule has 0 aromatic heterocycles. The first-order valence-corrected chi connectivity index (χ1v) is 12.3. The average Bonchev–Trinajstić information content (AvgIpc) is 2.80. The lowest BCUT2D eigenvalue weighted by atomic mass is 9.96. The molecule has 0 heterocycles. The number of alkyl carbamates (subject to hydrolysis) is 1. The largest absolute Gasteiger partial charge is 0.466 e. The lowest BCUT2D eigenvalue weighted by Gasteiger charge is -2.37. The number of esters is 1. The quantitative estimate of drug-likeness (QED) is 0.275. The number of amides is 4. The fraction of sp³-hybridized carbons (Fsp3) is 0.519. The van der Waals surface area contributed by atoms with Crippen molar-refractivity contribution in [2.75, 3.05) is 13.2 Å². The molecule has 11 heteroatoms. The third-order valence-corrected chi connectivity index (χ3v) is 5.08. The molecule has 0 radical (unpaired) electrons. The Morgan fingerprint density at radius 2 is 1.76 bits per heavy atom. The standard InChI is InChI=1S/C27H38N4O7/c1-8-18-12-10-11-13-19(18)23(24(34)29-15-14-22(33)37-9-2)31(17(3)4)25(35)20(16-21(28)32)30-26(36)38-27(5,6)7/h1,10-13,17,20,23H,9,14-16H2,2-7H3,(H2,28,32)(H,29,34)(H,30,36). The zero-order chi connectivity index (χ0) is 29.0. The van der Waals surface area contributed by atoms with E-state index < -0.39 is 59.9 Å². The molecule has 11 nitrogen and oxygen atoms in total. The van der Waals surface area contributed by atoms with Gasteiger partial charge in [0.2, 0.25) is 17.7 Å². The van der Waals surface area contributed by atoms with Crippen molar-refractivity contribution in [1.82, 2.24) is 15.5 Å². The SMILES string of the molecule is C#Cc1ccccc1C(C(=O)NCCC(=O)OCC)N(C(=O)C(CC(N)=O)NC(=O)OC(C)(C)C)C(C)C. The van der Waals surface area contributed by atoms with E-state index in [1.807, 2.05) is 0 Å². The van der Waals surface area contributed by atoms with Gasteiger partial charge < -0.3 is 30.7 Å². The number of carbonyl (C=O) groups excluding carboxylic acids is 5. The highest BCUT2D eigenvalue weighted by Crippen LogP contribution is 2.28. The van der Waals surface area contributed by atoms with Crippen LogP contribution in [0, 0.1) is 12.3 Å². The molecule has 1 aromatic carbocycles. The summed E-state index contributed by atoms with van der Waals surface area (Å²) in [7, 11) is 0. The van der Waals surface area contributed by atoms with E-state index in [1.165, 1.54) is 4.90 Å². The monoisotopic (exact) mass is 530 g/mol. The van der Waals surface area contributed by atoms with Crippen LogP contribution >= 0.6 is 0 Å². The van der Waals surface area contributed by atoms with Gasteiger partial charge in [0, 0.05) is 18.2 Å². The molecule has 0 aliphatic heterocycles. The summed E-state index contributed by atoms with van der Waals surface area (Å²) in [6.07, 6.45) is 4.14. The maximum Gasteiger partial charge on any atom is 0.408 e. The van der Waals surface area contributed by atoms with Crippen LogP contribution < -0.4 is 16.4 Å². The third kappa shape index (κ3) is 10.1. The molecule has 0 spiro atoms. The molecule has 208 valence electrons. The van der Waals surface area contributed by atoms with Crippen LogP contribution in [0.15, 0.2) is 24.3 Å². The van der Waals surface area contributed by atoms with Gasteiger partial charge in [-0.2, -0.15) is 0 Å². The first-order valence-electron chi connectivity index (χ1n) is 12.3. The van der Waals surface area contributed by atoms with E-state index in [2.05, 4.69) is 16.6 Å². The minimum Gasteiger partial charge on any atom is -0.466 e. The average molecular weight is 531 g/mol. The number of benzene rings is 1. The van der Waals surface area contributed by atoms with Crippen LogP contribution in [-0.2, 0) is 28.7 Å². The van der Waals surface area contributed by atoms with Gasteiger partial charge in [-0.3, -0.25) is 19.2 Å².